The third-order valence-electron chi connectivity index (χ3n) is 2.39. The van der Waals surface area contributed by atoms with Crippen molar-refractivity contribution in [2.75, 3.05) is 0 Å². The summed E-state index contributed by atoms with van der Waals surface area (Å²) in [6.07, 6.45) is 2.76. The monoisotopic (exact) mass is 327 g/mol. The molecule has 2 nitrogen and oxygen atoms in total. The minimum absolute atomic E-state index is 0.547. The van der Waals surface area contributed by atoms with Crippen molar-refractivity contribution in [1.29, 1.82) is 0 Å². The Kier molecular flexibility index (Phi) is 3.11. The average Bonchev–Trinajstić information content (AvgIpc) is 2.62. The van der Waals surface area contributed by atoms with Crippen molar-refractivity contribution in [1.82, 2.24) is 3.97 Å². The Bertz CT molecular complexity index is 538. The lowest BCUT2D eigenvalue weighted by Gasteiger charge is -2.07. The van der Waals surface area contributed by atoms with E-state index in [0.29, 0.717) is 11.0 Å². The molecule has 5 heteroatoms. The zero-order chi connectivity index (χ0) is 11.0. The maximum atomic E-state index is 11.0. The number of aldehydes is 1. The number of carbonyl (C=O) groups is 1. The number of benzene rings is 1. The first kappa shape index (κ1) is 11.1. The molecule has 0 aliphatic carbocycles. The molecule has 0 aliphatic rings. The first-order chi connectivity index (χ1) is 7.19. The van der Waals surface area contributed by atoms with Crippen LogP contribution in [-0.2, 0) is 0 Å². The smallest absolute Gasteiger partial charge is 0.150 e. The highest BCUT2D eigenvalue weighted by atomic mass is 127. The number of hydrogen-bond acceptors (Lipinski definition) is 2. The van der Waals surface area contributed by atoms with Gasteiger partial charge in [0.15, 0.2) is 0 Å². The zero-order valence-corrected chi connectivity index (χ0v) is 11.0. The lowest BCUT2D eigenvalue weighted by molar-refractivity contribution is 0.112. The molecule has 0 atom stereocenters. The molecule has 2 radical (unpaired) electrons. The van der Waals surface area contributed by atoms with E-state index >= 15 is 0 Å². The Labute approximate surface area is 106 Å². The maximum Gasteiger partial charge on any atom is 0.150 e. The van der Waals surface area contributed by atoms with Crippen LogP contribution in [0.15, 0.2) is 18.3 Å². The highest BCUT2D eigenvalue weighted by Crippen LogP contribution is 2.28. The molecular weight excluding hydrogens is 320 g/mol. The lowest BCUT2D eigenvalue weighted by Crippen LogP contribution is -2.11. The van der Waals surface area contributed by atoms with Crippen molar-refractivity contribution < 1.29 is 4.79 Å². The van der Waals surface area contributed by atoms with Crippen molar-refractivity contribution >= 4 is 60.8 Å². The summed E-state index contributed by atoms with van der Waals surface area (Å²) in [7, 11) is 7.37. The van der Waals surface area contributed by atoms with Gasteiger partial charge in [-0.2, -0.15) is 0 Å². The van der Waals surface area contributed by atoms with Crippen LogP contribution in [0.3, 0.4) is 0 Å². The van der Waals surface area contributed by atoms with Gasteiger partial charge in [-0.25, -0.2) is 0 Å². The first-order valence-corrected chi connectivity index (χ1v) is 7.65. The fraction of sp³-hybridized carbons (Fsp3) is 0.100. The highest BCUT2D eigenvalue weighted by molar-refractivity contribution is 14.2. The van der Waals surface area contributed by atoms with Crippen molar-refractivity contribution in [3.05, 3.63) is 29.5 Å². The lowest BCUT2D eigenvalue weighted by atomic mass is 9.87. The maximum absolute atomic E-state index is 11.0. The Hall–Kier alpha value is -0.425. The third-order valence-corrected chi connectivity index (χ3v) is 4.12. The van der Waals surface area contributed by atoms with E-state index < -0.39 is 0 Å². The fourth-order valence-electron chi connectivity index (χ4n) is 1.74. The summed E-state index contributed by atoms with van der Waals surface area (Å²) in [5.41, 5.74) is 3.28. The second-order valence-electron chi connectivity index (χ2n) is 3.29. The van der Waals surface area contributed by atoms with Gasteiger partial charge in [-0.15, -0.1) is 0 Å². The molecule has 2 rings (SSSR count). The molecule has 0 amide bonds. The van der Waals surface area contributed by atoms with E-state index in [-0.39, 0.29) is 0 Å². The molecule has 0 unspecified atom stereocenters. The molecule has 0 fully saturated rings. The van der Waals surface area contributed by atoms with Crippen LogP contribution in [0.25, 0.3) is 10.9 Å². The predicted molar refractivity (Wildman–Crippen MR) is 74.5 cm³/mol. The van der Waals surface area contributed by atoms with Gasteiger partial charge < -0.3 is 0 Å². The Morgan fingerprint density at radius 1 is 1.60 bits per heavy atom. The summed E-state index contributed by atoms with van der Waals surface area (Å²) in [5.74, 6) is 0. The van der Waals surface area contributed by atoms with Gasteiger partial charge in [-0.05, 0) is 18.6 Å². The largest absolute Gasteiger partial charge is 0.298 e. The average molecular weight is 327 g/mol. The van der Waals surface area contributed by atoms with Crippen LogP contribution in [0, 0.1) is 6.92 Å². The molecule has 0 N–H and O–H groups in total. The zero-order valence-electron chi connectivity index (χ0n) is 8.03. The number of aryl methyl sites for hydroxylation is 1. The normalized spacial score (nSPS) is 10.8. The van der Waals surface area contributed by atoms with Gasteiger partial charge in [0, 0.05) is 47.5 Å². The number of nitrogens with zero attached hydrogens (tertiary/aromatic N) is 1. The first-order valence-electron chi connectivity index (χ1n) is 4.33. The van der Waals surface area contributed by atoms with E-state index in [1.165, 1.54) is 0 Å². The third kappa shape index (κ3) is 1.71. The SMILES string of the molecule is [B]c1cc(C)c2c(ccn2SI)c1C=O. The van der Waals surface area contributed by atoms with Gasteiger partial charge in [0.2, 0.25) is 0 Å². The van der Waals surface area contributed by atoms with Gasteiger partial charge in [0.25, 0.3) is 0 Å². The van der Waals surface area contributed by atoms with Gasteiger partial charge in [0.1, 0.15) is 14.1 Å². The van der Waals surface area contributed by atoms with E-state index in [1.54, 1.807) is 9.12 Å². The number of fused-ring (bicyclic) bond motifs is 1. The number of carbonyl (C=O) groups excluding carboxylic acids is 1. The van der Waals surface area contributed by atoms with Gasteiger partial charge in [-0.3, -0.25) is 8.77 Å². The number of rotatable bonds is 2. The Balaban J connectivity index is 2.92. The molecule has 2 aromatic rings. The molecule has 0 spiro atoms. The van der Waals surface area contributed by atoms with Gasteiger partial charge >= 0.3 is 0 Å². The Morgan fingerprint density at radius 2 is 2.33 bits per heavy atom. The van der Waals surface area contributed by atoms with E-state index in [1.807, 2.05) is 29.2 Å². The van der Waals surface area contributed by atoms with Crippen LogP contribution in [0.4, 0.5) is 0 Å². The van der Waals surface area contributed by atoms with Crippen molar-refractivity contribution in [3.63, 3.8) is 0 Å². The summed E-state index contributed by atoms with van der Waals surface area (Å²) in [4.78, 5) is 11.0. The molecule has 1 aromatic carbocycles. The topological polar surface area (TPSA) is 22.0 Å². The highest BCUT2D eigenvalue weighted by Gasteiger charge is 2.10. The van der Waals surface area contributed by atoms with Gasteiger partial charge in [0.05, 0.1) is 5.52 Å². The molecule has 74 valence electrons. The molecule has 1 heterocycles. The quantitative estimate of drug-likeness (QED) is 0.480. The predicted octanol–water partition coefficient (Wildman–Crippen LogP) is 2.40. The molecular formula is C10H7BINOS. The fourth-order valence-corrected chi connectivity index (χ4v) is 3.14. The summed E-state index contributed by atoms with van der Waals surface area (Å²) >= 11 is 2.21. The van der Waals surface area contributed by atoms with Crippen LogP contribution in [0.1, 0.15) is 15.9 Å². The molecule has 0 bridgehead atoms. The standard InChI is InChI=1S/C10H7BINOS/c1-6-4-9(11)8(5-14)7-2-3-13(15-12)10(6)7/h2-5H,1H3. The molecule has 0 saturated heterocycles. The molecule has 0 saturated carbocycles. The summed E-state index contributed by atoms with van der Waals surface area (Å²) in [5, 5.41) is 0.923. The summed E-state index contributed by atoms with van der Waals surface area (Å²) in [6, 6.07) is 3.77. The van der Waals surface area contributed by atoms with E-state index in [9.17, 15) is 4.79 Å². The Morgan fingerprint density at radius 3 is 2.93 bits per heavy atom. The second kappa shape index (κ2) is 4.21. The van der Waals surface area contributed by atoms with Crippen molar-refractivity contribution in [3.8, 4) is 0 Å². The number of halogens is 1. The molecule has 1 aromatic heterocycles. The van der Waals surface area contributed by atoms with Crippen LogP contribution in [-0.4, -0.2) is 18.1 Å². The van der Waals surface area contributed by atoms with E-state index in [4.69, 9.17) is 7.85 Å². The molecule has 0 aliphatic heterocycles. The van der Waals surface area contributed by atoms with Crippen LogP contribution < -0.4 is 5.46 Å². The minimum Gasteiger partial charge on any atom is -0.298 e. The second-order valence-corrected chi connectivity index (χ2v) is 5.00. The summed E-state index contributed by atoms with van der Waals surface area (Å²) < 4.78 is 2.03. The number of hydrogen-bond donors (Lipinski definition) is 0. The summed E-state index contributed by atoms with van der Waals surface area (Å²) in [6.45, 7) is 2.00. The minimum atomic E-state index is 0.547. The van der Waals surface area contributed by atoms with Crippen molar-refractivity contribution in [2.45, 2.75) is 6.92 Å². The van der Waals surface area contributed by atoms with Crippen molar-refractivity contribution in [2.24, 2.45) is 0 Å². The molecule has 15 heavy (non-hydrogen) atoms. The van der Waals surface area contributed by atoms with E-state index in [2.05, 4.69) is 21.2 Å². The van der Waals surface area contributed by atoms with Crippen LogP contribution >= 0.6 is 30.3 Å². The van der Waals surface area contributed by atoms with Crippen LogP contribution in [0.5, 0.6) is 0 Å². The van der Waals surface area contributed by atoms with Gasteiger partial charge in [-0.1, -0.05) is 11.5 Å². The number of aromatic nitrogens is 1. The van der Waals surface area contributed by atoms with E-state index in [0.717, 1.165) is 22.8 Å². The van der Waals surface area contributed by atoms with Crippen LogP contribution in [0.2, 0.25) is 0 Å².